The summed E-state index contributed by atoms with van der Waals surface area (Å²) < 4.78 is 5.67. The van der Waals surface area contributed by atoms with Crippen molar-refractivity contribution in [2.45, 2.75) is 51.8 Å². The maximum atomic E-state index is 13.1. The van der Waals surface area contributed by atoms with E-state index in [9.17, 15) is 4.79 Å². The third-order valence-electron chi connectivity index (χ3n) is 7.31. The zero-order valence-corrected chi connectivity index (χ0v) is 23.1. The number of rotatable bonds is 9. The van der Waals surface area contributed by atoms with Gasteiger partial charge in [0.25, 0.3) is 5.91 Å². The molecular weight excluding hydrogens is 500 g/mol. The van der Waals surface area contributed by atoms with E-state index in [4.69, 9.17) is 4.74 Å². The average Bonchev–Trinajstić information content (AvgIpc) is 3.55. The molecule has 2 aromatic heterocycles. The van der Waals surface area contributed by atoms with E-state index in [1.165, 1.54) is 28.0 Å². The predicted molar refractivity (Wildman–Crippen MR) is 150 cm³/mol. The number of nitrogens with one attached hydrogen (secondary N) is 2. The first-order chi connectivity index (χ1) is 18.5. The van der Waals surface area contributed by atoms with Crippen LogP contribution in [0.25, 0.3) is 0 Å². The first-order valence-corrected chi connectivity index (χ1v) is 14.0. The molecule has 4 heterocycles. The van der Waals surface area contributed by atoms with E-state index in [1.807, 2.05) is 12.1 Å². The summed E-state index contributed by atoms with van der Waals surface area (Å²) in [6, 6.07) is 10.8. The molecule has 2 fully saturated rings. The van der Waals surface area contributed by atoms with Gasteiger partial charge in [0.2, 0.25) is 10.3 Å². The Labute approximate surface area is 227 Å². The van der Waals surface area contributed by atoms with Crippen molar-refractivity contribution in [2.75, 3.05) is 48.8 Å². The monoisotopic (exact) mass is 536 g/mol. The Bertz CT molecular complexity index is 1190. The molecule has 38 heavy (non-hydrogen) atoms. The van der Waals surface area contributed by atoms with Crippen LogP contribution in [0.1, 0.15) is 36.0 Å². The van der Waals surface area contributed by atoms with E-state index in [1.54, 1.807) is 13.3 Å². The predicted octanol–water partition coefficient (Wildman–Crippen LogP) is 3.50. The minimum atomic E-state index is -0.506. The Balaban J connectivity index is 1.09. The van der Waals surface area contributed by atoms with E-state index in [-0.39, 0.29) is 17.9 Å². The molecule has 0 bridgehead atoms. The summed E-state index contributed by atoms with van der Waals surface area (Å²) in [7, 11) is 1.61. The fourth-order valence-corrected chi connectivity index (χ4v) is 6.30. The molecule has 0 saturated carbocycles. The SMILES string of the molecule is COC(C(=O)Nc1nnc(N[C@@H]2CCN(c3cccnn3)C2)s1)C1CCN(Cc2cc(C)cc(C)c2)CC1. The maximum Gasteiger partial charge on any atom is 0.255 e. The normalized spacial score (nSPS) is 19.4. The van der Waals surface area contributed by atoms with Crippen molar-refractivity contribution in [3.05, 3.63) is 53.2 Å². The fourth-order valence-electron chi connectivity index (χ4n) is 5.58. The Kier molecular flexibility index (Phi) is 8.45. The third kappa shape index (κ3) is 6.64. The van der Waals surface area contributed by atoms with Crippen LogP contribution in [0.5, 0.6) is 0 Å². The number of carbonyl (C=O) groups excluding carboxylic acids is 1. The first-order valence-electron chi connectivity index (χ1n) is 13.2. The van der Waals surface area contributed by atoms with Crippen LogP contribution in [0.3, 0.4) is 0 Å². The molecule has 1 unspecified atom stereocenters. The third-order valence-corrected chi connectivity index (χ3v) is 8.08. The van der Waals surface area contributed by atoms with Crippen molar-refractivity contribution in [1.82, 2.24) is 25.3 Å². The van der Waals surface area contributed by atoms with E-state index >= 15 is 0 Å². The number of amides is 1. The van der Waals surface area contributed by atoms with Crippen molar-refractivity contribution < 1.29 is 9.53 Å². The second-order valence-corrected chi connectivity index (χ2v) is 11.3. The molecule has 11 heteroatoms. The lowest BCUT2D eigenvalue weighted by Gasteiger charge is -2.34. The van der Waals surface area contributed by atoms with Crippen LogP contribution in [-0.4, -0.2) is 76.6 Å². The van der Waals surface area contributed by atoms with E-state index in [2.05, 4.69) is 72.9 Å². The standard InChI is InChI=1S/C27H36N8O2S/c1-18-13-19(2)15-20(14-18)16-34-10-6-21(7-11-34)24(37-3)25(36)30-27-33-32-26(38-27)29-22-8-12-35(17-22)23-5-4-9-28-31-23/h4-5,9,13-15,21-22,24H,6-8,10-12,16-17H2,1-3H3,(H,29,32)(H,30,33,36)/t22-,24?/m1/s1. The maximum absolute atomic E-state index is 13.1. The minimum absolute atomic E-state index is 0.155. The van der Waals surface area contributed by atoms with Gasteiger partial charge in [-0.3, -0.25) is 15.0 Å². The van der Waals surface area contributed by atoms with Crippen LogP contribution >= 0.6 is 11.3 Å². The molecule has 0 spiro atoms. The topological polar surface area (TPSA) is 108 Å². The van der Waals surface area contributed by atoms with Gasteiger partial charge >= 0.3 is 0 Å². The lowest BCUT2D eigenvalue weighted by atomic mass is 9.90. The second-order valence-electron chi connectivity index (χ2n) is 10.3. The van der Waals surface area contributed by atoms with Crippen molar-refractivity contribution in [3.8, 4) is 0 Å². The number of likely N-dealkylation sites (tertiary alicyclic amines) is 1. The molecule has 10 nitrogen and oxygen atoms in total. The van der Waals surface area contributed by atoms with Crippen LogP contribution in [0.15, 0.2) is 36.5 Å². The fraction of sp³-hybridized carbons (Fsp3) is 0.519. The molecule has 0 aliphatic carbocycles. The zero-order valence-electron chi connectivity index (χ0n) is 22.3. The smallest absolute Gasteiger partial charge is 0.255 e. The van der Waals surface area contributed by atoms with Crippen LogP contribution < -0.4 is 15.5 Å². The second kappa shape index (κ2) is 12.1. The highest BCUT2D eigenvalue weighted by atomic mass is 32.1. The summed E-state index contributed by atoms with van der Waals surface area (Å²) in [6.07, 6.45) is 3.98. The van der Waals surface area contributed by atoms with Gasteiger partial charge in [-0.1, -0.05) is 40.7 Å². The lowest BCUT2D eigenvalue weighted by molar-refractivity contribution is -0.130. The number of hydrogen-bond donors (Lipinski definition) is 2. The molecule has 2 aliphatic heterocycles. The van der Waals surface area contributed by atoms with Crippen LogP contribution in [-0.2, 0) is 16.1 Å². The number of anilines is 3. The number of carbonyl (C=O) groups is 1. The molecule has 2 atom stereocenters. The van der Waals surface area contributed by atoms with Crippen LogP contribution in [0, 0.1) is 19.8 Å². The zero-order chi connectivity index (χ0) is 26.5. The number of piperidine rings is 1. The molecular formula is C27H36N8O2S. The van der Waals surface area contributed by atoms with Gasteiger partial charge in [-0.25, -0.2) is 0 Å². The number of hydrogen-bond acceptors (Lipinski definition) is 10. The molecule has 2 N–H and O–H groups in total. The Morgan fingerprint density at radius 2 is 1.84 bits per heavy atom. The summed E-state index contributed by atoms with van der Waals surface area (Å²) >= 11 is 1.35. The van der Waals surface area contributed by atoms with Gasteiger partial charge < -0.3 is 15.0 Å². The van der Waals surface area contributed by atoms with Crippen molar-refractivity contribution in [2.24, 2.45) is 5.92 Å². The average molecular weight is 537 g/mol. The lowest BCUT2D eigenvalue weighted by Crippen LogP contribution is -2.43. The van der Waals surface area contributed by atoms with Crippen molar-refractivity contribution >= 4 is 33.3 Å². The summed E-state index contributed by atoms with van der Waals surface area (Å²) in [5.74, 6) is 0.896. The Hall–Kier alpha value is -3.15. The van der Waals surface area contributed by atoms with Gasteiger partial charge in [-0.15, -0.1) is 15.3 Å². The van der Waals surface area contributed by atoms with E-state index in [0.717, 1.165) is 57.8 Å². The number of aryl methyl sites for hydroxylation is 2. The van der Waals surface area contributed by atoms with Gasteiger partial charge in [-0.05, 0) is 69.8 Å². The largest absolute Gasteiger partial charge is 0.371 e. The number of nitrogens with zero attached hydrogens (tertiary/aromatic N) is 6. The summed E-state index contributed by atoms with van der Waals surface area (Å²) in [6.45, 7) is 8.84. The molecule has 2 aliphatic rings. The van der Waals surface area contributed by atoms with E-state index < -0.39 is 6.10 Å². The molecule has 1 amide bonds. The first kappa shape index (κ1) is 26.5. The van der Waals surface area contributed by atoms with Crippen LogP contribution in [0.2, 0.25) is 0 Å². The summed E-state index contributed by atoms with van der Waals surface area (Å²) in [5, 5.41) is 24.1. The Morgan fingerprint density at radius 1 is 1.08 bits per heavy atom. The minimum Gasteiger partial charge on any atom is -0.371 e. The molecule has 5 rings (SSSR count). The van der Waals surface area contributed by atoms with Crippen LogP contribution in [0.4, 0.5) is 16.1 Å². The summed E-state index contributed by atoms with van der Waals surface area (Å²) in [5.41, 5.74) is 3.95. The van der Waals surface area contributed by atoms with Gasteiger partial charge in [0, 0.05) is 39.0 Å². The highest BCUT2D eigenvalue weighted by Gasteiger charge is 2.32. The number of aromatic nitrogens is 4. The molecule has 202 valence electrons. The summed E-state index contributed by atoms with van der Waals surface area (Å²) in [4.78, 5) is 17.8. The molecule has 3 aromatic rings. The Morgan fingerprint density at radius 3 is 2.55 bits per heavy atom. The van der Waals surface area contributed by atoms with Crippen molar-refractivity contribution in [1.29, 1.82) is 0 Å². The van der Waals surface area contributed by atoms with Gasteiger partial charge in [-0.2, -0.15) is 5.10 Å². The van der Waals surface area contributed by atoms with Gasteiger partial charge in [0.15, 0.2) is 5.82 Å². The van der Waals surface area contributed by atoms with E-state index in [0.29, 0.717) is 10.3 Å². The quantitative estimate of drug-likeness (QED) is 0.425. The van der Waals surface area contributed by atoms with Crippen molar-refractivity contribution in [3.63, 3.8) is 0 Å². The number of ether oxygens (including phenoxy) is 1. The number of methoxy groups -OCH3 is 1. The molecule has 2 saturated heterocycles. The molecule has 1 aromatic carbocycles. The highest BCUT2D eigenvalue weighted by Crippen LogP contribution is 2.27. The highest BCUT2D eigenvalue weighted by molar-refractivity contribution is 7.19. The van der Waals surface area contributed by atoms with Gasteiger partial charge in [0.1, 0.15) is 6.10 Å². The van der Waals surface area contributed by atoms with Gasteiger partial charge in [0.05, 0.1) is 0 Å². The number of benzene rings is 1. The molecule has 0 radical (unpaired) electrons.